The van der Waals surface area contributed by atoms with Crippen molar-refractivity contribution >= 4 is 0 Å². The summed E-state index contributed by atoms with van der Waals surface area (Å²) in [5.41, 5.74) is 0.159. The predicted molar refractivity (Wildman–Crippen MR) is 162 cm³/mol. The van der Waals surface area contributed by atoms with Gasteiger partial charge >= 0.3 is 0 Å². The van der Waals surface area contributed by atoms with Gasteiger partial charge in [-0.1, -0.05) is 142 Å². The Bertz CT molecular complexity index is 389. The van der Waals surface area contributed by atoms with Gasteiger partial charge in [0.15, 0.2) is 0 Å². The van der Waals surface area contributed by atoms with Crippen LogP contribution in [0.4, 0.5) is 0 Å². The molecule has 0 aliphatic carbocycles. The molecule has 0 fully saturated rings. The van der Waals surface area contributed by atoms with Crippen molar-refractivity contribution in [1.29, 1.82) is 0 Å². The molecule has 0 aliphatic heterocycles. The van der Waals surface area contributed by atoms with Gasteiger partial charge in [0.25, 0.3) is 0 Å². The van der Waals surface area contributed by atoms with Crippen LogP contribution in [0.15, 0.2) is 0 Å². The van der Waals surface area contributed by atoms with Gasteiger partial charge in [0.1, 0.15) is 0 Å². The zero-order valence-corrected chi connectivity index (χ0v) is 26.2. The van der Waals surface area contributed by atoms with Crippen LogP contribution in [0.2, 0.25) is 0 Å². The lowest BCUT2D eigenvalue weighted by Crippen LogP contribution is -2.24. The van der Waals surface area contributed by atoms with Crippen molar-refractivity contribution in [3.63, 3.8) is 0 Å². The van der Waals surface area contributed by atoms with Crippen molar-refractivity contribution in [3.05, 3.63) is 0 Å². The van der Waals surface area contributed by atoms with E-state index in [1.165, 1.54) is 154 Å². The Morgan fingerprint density at radius 1 is 0.333 bits per heavy atom. The first kappa shape index (κ1) is 35.9. The first-order valence-corrected chi connectivity index (χ1v) is 16.6. The fourth-order valence-electron chi connectivity index (χ4n) is 5.06. The topological polar surface area (TPSA) is 18.5 Å². The molecule has 0 aromatic carbocycles. The molecule has 0 bridgehead atoms. The summed E-state index contributed by atoms with van der Waals surface area (Å²) >= 11 is 0. The second-order valence-corrected chi connectivity index (χ2v) is 12.8. The molecule has 0 aliphatic rings. The molecular formula is C34H70O2. The standard InChI is InChI=1S/C34H70O2/c1-7-9-31-35-33(3,4)29-27-25-23-21-19-17-15-13-11-12-14-16-18-20-22-24-26-28-30-34(5,6)36-32-10-8-2/h7-32H2,1-6H3. The summed E-state index contributed by atoms with van der Waals surface area (Å²) < 4.78 is 12.0. The van der Waals surface area contributed by atoms with Crippen LogP contribution in [0.1, 0.15) is 196 Å². The minimum atomic E-state index is 0.0793. The summed E-state index contributed by atoms with van der Waals surface area (Å²) in [7, 11) is 0. The molecule has 218 valence electrons. The van der Waals surface area contributed by atoms with Gasteiger partial charge in [-0.3, -0.25) is 0 Å². The molecule has 0 rings (SSSR count). The molecule has 0 amide bonds. The van der Waals surface area contributed by atoms with Gasteiger partial charge in [-0.2, -0.15) is 0 Å². The molecule has 36 heavy (non-hydrogen) atoms. The summed E-state index contributed by atoms with van der Waals surface area (Å²) in [6.07, 6.45) is 32.9. The second kappa shape index (κ2) is 25.2. The molecule has 0 saturated carbocycles. The molecule has 2 nitrogen and oxygen atoms in total. The van der Waals surface area contributed by atoms with Gasteiger partial charge < -0.3 is 9.47 Å². The number of hydrogen-bond donors (Lipinski definition) is 0. The number of rotatable bonds is 29. The molecule has 0 atom stereocenters. The van der Waals surface area contributed by atoms with E-state index in [2.05, 4.69) is 41.5 Å². The highest BCUT2D eigenvalue weighted by molar-refractivity contribution is 4.69. The van der Waals surface area contributed by atoms with Gasteiger partial charge in [-0.25, -0.2) is 0 Å². The van der Waals surface area contributed by atoms with Crippen LogP contribution in [0.3, 0.4) is 0 Å². The van der Waals surface area contributed by atoms with E-state index in [9.17, 15) is 0 Å². The molecule has 0 unspecified atom stereocenters. The van der Waals surface area contributed by atoms with Crippen LogP contribution in [0, 0.1) is 0 Å². The molecule has 0 radical (unpaired) electrons. The molecule has 2 heteroatoms. The molecule has 0 heterocycles. The van der Waals surface area contributed by atoms with Crippen LogP contribution < -0.4 is 0 Å². The Morgan fingerprint density at radius 3 is 0.778 bits per heavy atom. The Morgan fingerprint density at radius 2 is 0.556 bits per heavy atom. The lowest BCUT2D eigenvalue weighted by atomic mass is 9.98. The maximum atomic E-state index is 6.02. The Balaban J connectivity index is 3.25. The van der Waals surface area contributed by atoms with Crippen molar-refractivity contribution in [2.75, 3.05) is 13.2 Å². The summed E-state index contributed by atoms with van der Waals surface area (Å²) in [4.78, 5) is 0. The quantitative estimate of drug-likeness (QED) is 0.0931. The highest BCUT2D eigenvalue weighted by Crippen LogP contribution is 2.21. The van der Waals surface area contributed by atoms with E-state index >= 15 is 0 Å². The SMILES string of the molecule is CCCCOC(C)(C)CCCCCCCCCCCCCCCCCCCCC(C)(C)OCCCC. The van der Waals surface area contributed by atoms with Crippen molar-refractivity contribution in [1.82, 2.24) is 0 Å². The first-order chi connectivity index (χ1) is 17.3. The second-order valence-electron chi connectivity index (χ2n) is 12.8. The third-order valence-electron chi connectivity index (χ3n) is 7.79. The Labute approximate surface area is 229 Å². The third-order valence-corrected chi connectivity index (χ3v) is 7.79. The monoisotopic (exact) mass is 511 g/mol. The van der Waals surface area contributed by atoms with Crippen LogP contribution in [-0.4, -0.2) is 24.4 Å². The zero-order chi connectivity index (χ0) is 26.8. The highest BCUT2D eigenvalue weighted by Gasteiger charge is 2.17. The van der Waals surface area contributed by atoms with E-state index < -0.39 is 0 Å². The minimum Gasteiger partial charge on any atom is -0.376 e. The zero-order valence-electron chi connectivity index (χ0n) is 26.2. The number of ether oxygens (including phenoxy) is 2. The fourth-order valence-corrected chi connectivity index (χ4v) is 5.06. The normalized spacial score (nSPS) is 12.5. The van der Waals surface area contributed by atoms with Gasteiger partial charge in [-0.15, -0.1) is 0 Å². The van der Waals surface area contributed by atoms with E-state index in [1.54, 1.807) is 0 Å². The highest BCUT2D eigenvalue weighted by atomic mass is 16.5. The predicted octanol–water partition coefficient (Wildman–Crippen LogP) is 12.0. The maximum Gasteiger partial charge on any atom is 0.0626 e. The van der Waals surface area contributed by atoms with Crippen molar-refractivity contribution in [3.8, 4) is 0 Å². The van der Waals surface area contributed by atoms with Crippen LogP contribution in [-0.2, 0) is 9.47 Å². The largest absolute Gasteiger partial charge is 0.376 e. The average molecular weight is 511 g/mol. The summed E-state index contributed by atoms with van der Waals surface area (Å²) in [6, 6.07) is 0. The van der Waals surface area contributed by atoms with E-state index in [-0.39, 0.29) is 11.2 Å². The van der Waals surface area contributed by atoms with Gasteiger partial charge in [0.2, 0.25) is 0 Å². The van der Waals surface area contributed by atoms with Gasteiger partial charge in [0.05, 0.1) is 11.2 Å². The molecule has 0 N–H and O–H groups in total. The molecular weight excluding hydrogens is 440 g/mol. The number of unbranched alkanes of at least 4 members (excludes halogenated alkanes) is 19. The van der Waals surface area contributed by atoms with Crippen LogP contribution in [0.5, 0.6) is 0 Å². The average Bonchev–Trinajstić information content (AvgIpc) is 2.83. The number of hydrogen-bond acceptors (Lipinski definition) is 2. The van der Waals surface area contributed by atoms with E-state index in [0.717, 1.165) is 13.2 Å². The first-order valence-electron chi connectivity index (χ1n) is 16.6. The lowest BCUT2D eigenvalue weighted by molar-refractivity contribution is -0.0265. The minimum absolute atomic E-state index is 0.0793. The fraction of sp³-hybridized carbons (Fsp3) is 1.00. The maximum absolute atomic E-state index is 6.02. The smallest absolute Gasteiger partial charge is 0.0626 e. The Kier molecular flexibility index (Phi) is 25.2. The van der Waals surface area contributed by atoms with Gasteiger partial charge in [0, 0.05) is 13.2 Å². The summed E-state index contributed by atoms with van der Waals surface area (Å²) in [6.45, 7) is 15.4. The van der Waals surface area contributed by atoms with Crippen molar-refractivity contribution < 1.29 is 9.47 Å². The Hall–Kier alpha value is -0.0800. The van der Waals surface area contributed by atoms with Crippen LogP contribution in [0.25, 0.3) is 0 Å². The van der Waals surface area contributed by atoms with E-state index in [0.29, 0.717) is 0 Å². The molecule has 0 spiro atoms. The van der Waals surface area contributed by atoms with Gasteiger partial charge in [-0.05, 0) is 53.4 Å². The van der Waals surface area contributed by atoms with E-state index in [1.807, 2.05) is 0 Å². The molecule has 0 aromatic heterocycles. The summed E-state index contributed by atoms with van der Waals surface area (Å²) in [5, 5.41) is 0. The van der Waals surface area contributed by atoms with Crippen LogP contribution >= 0.6 is 0 Å². The molecule has 0 aromatic rings. The van der Waals surface area contributed by atoms with E-state index in [4.69, 9.17) is 9.47 Å². The summed E-state index contributed by atoms with van der Waals surface area (Å²) in [5.74, 6) is 0. The molecule has 0 saturated heterocycles. The lowest BCUT2D eigenvalue weighted by Gasteiger charge is -2.25. The van der Waals surface area contributed by atoms with Crippen molar-refractivity contribution in [2.45, 2.75) is 207 Å². The van der Waals surface area contributed by atoms with Crippen molar-refractivity contribution in [2.24, 2.45) is 0 Å². The third kappa shape index (κ3) is 27.0.